The maximum Gasteiger partial charge on any atom is 0.194 e. The first kappa shape index (κ1) is 13.2. The van der Waals surface area contributed by atoms with Crippen LogP contribution in [0.3, 0.4) is 0 Å². The predicted molar refractivity (Wildman–Crippen MR) is 66.7 cm³/mol. The van der Waals surface area contributed by atoms with Crippen LogP contribution in [0.5, 0.6) is 0 Å². The lowest BCUT2D eigenvalue weighted by Crippen LogP contribution is -2.16. The summed E-state index contributed by atoms with van der Waals surface area (Å²) in [7, 11) is 0. The largest absolute Gasteiger partial charge is 0.445 e. The number of rotatable bonds is 8. The molecule has 0 aromatic carbocycles. The molecule has 0 radical (unpaired) electrons. The molecule has 0 saturated heterocycles. The first-order chi connectivity index (χ1) is 7.77. The molecule has 0 bridgehead atoms. The van der Waals surface area contributed by atoms with Crippen LogP contribution in [0.25, 0.3) is 0 Å². The molecule has 1 aromatic rings. The normalized spacial score (nSPS) is 12.9. The minimum atomic E-state index is 0.486. The van der Waals surface area contributed by atoms with Crippen molar-refractivity contribution in [1.82, 2.24) is 10.3 Å². The van der Waals surface area contributed by atoms with Crippen molar-refractivity contribution in [1.29, 1.82) is 0 Å². The van der Waals surface area contributed by atoms with Gasteiger partial charge in [-0.1, -0.05) is 20.8 Å². The zero-order valence-corrected chi connectivity index (χ0v) is 10.8. The Hall–Kier alpha value is -0.830. The van der Waals surface area contributed by atoms with Gasteiger partial charge in [0.2, 0.25) is 0 Å². The van der Waals surface area contributed by atoms with Gasteiger partial charge in [-0.15, -0.1) is 0 Å². The molecule has 1 rings (SSSR count). The molecule has 3 heteroatoms. The van der Waals surface area contributed by atoms with E-state index in [1.165, 1.54) is 6.42 Å². The van der Waals surface area contributed by atoms with Gasteiger partial charge in [-0.25, -0.2) is 4.98 Å². The van der Waals surface area contributed by atoms with Crippen molar-refractivity contribution in [2.75, 3.05) is 13.1 Å². The van der Waals surface area contributed by atoms with Gasteiger partial charge in [0.05, 0.1) is 6.20 Å². The molecule has 0 fully saturated rings. The summed E-state index contributed by atoms with van der Waals surface area (Å²) in [5.41, 5.74) is 0. The second-order valence-electron chi connectivity index (χ2n) is 4.32. The van der Waals surface area contributed by atoms with Crippen LogP contribution < -0.4 is 5.32 Å². The van der Waals surface area contributed by atoms with E-state index >= 15 is 0 Å². The molecular formula is C13H24N2O. The molecule has 0 aliphatic heterocycles. The monoisotopic (exact) mass is 224 g/mol. The second kappa shape index (κ2) is 7.44. The lowest BCUT2D eigenvalue weighted by atomic mass is 10.1. The summed E-state index contributed by atoms with van der Waals surface area (Å²) in [5.74, 6) is 2.40. The van der Waals surface area contributed by atoms with Gasteiger partial charge in [-0.2, -0.15) is 0 Å². The van der Waals surface area contributed by atoms with Crippen LogP contribution in [0.1, 0.15) is 57.6 Å². The second-order valence-corrected chi connectivity index (χ2v) is 4.32. The highest BCUT2D eigenvalue weighted by Gasteiger charge is 2.09. The van der Waals surface area contributed by atoms with Crippen molar-refractivity contribution >= 4 is 0 Å². The standard InChI is InChI=1S/C13H24N2O/c1-4-8-14-9-6-7-13-15-10-12(16-13)11(3)5-2/h10-11,14H,4-9H2,1-3H3. The maximum atomic E-state index is 5.70. The van der Waals surface area contributed by atoms with Crippen LogP contribution in [0.15, 0.2) is 10.6 Å². The highest BCUT2D eigenvalue weighted by molar-refractivity contribution is 5.00. The molecule has 0 amide bonds. The van der Waals surface area contributed by atoms with Crippen LogP contribution in [0, 0.1) is 0 Å². The number of aromatic nitrogens is 1. The summed E-state index contributed by atoms with van der Waals surface area (Å²) >= 11 is 0. The van der Waals surface area contributed by atoms with Crippen LogP contribution in [0.4, 0.5) is 0 Å². The van der Waals surface area contributed by atoms with E-state index in [-0.39, 0.29) is 0 Å². The Kier molecular flexibility index (Phi) is 6.16. The molecule has 0 saturated carbocycles. The van der Waals surface area contributed by atoms with Gasteiger partial charge in [0.1, 0.15) is 5.76 Å². The Morgan fingerprint density at radius 2 is 2.19 bits per heavy atom. The van der Waals surface area contributed by atoms with Crippen molar-refractivity contribution in [3.05, 3.63) is 17.8 Å². The predicted octanol–water partition coefficient (Wildman–Crippen LogP) is 3.12. The average Bonchev–Trinajstić information content (AvgIpc) is 2.76. The molecule has 1 N–H and O–H groups in total. The van der Waals surface area contributed by atoms with E-state index in [9.17, 15) is 0 Å². The van der Waals surface area contributed by atoms with Crippen molar-refractivity contribution in [3.63, 3.8) is 0 Å². The number of nitrogens with one attached hydrogen (secondary N) is 1. The zero-order valence-electron chi connectivity index (χ0n) is 10.8. The van der Waals surface area contributed by atoms with Gasteiger partial charge >= 0.3 is 0 Å². The fraction of sp³-hybridized carbons (Fsp3) is 0.769. The SMILES string of the molecule is CCCNCCCc1ncc(C(C)CC)o1. The average molecular weight is 224 g/mol. The van der Waals surface area contributed by atoms with E-state index in [0.717, 1.165) is 44.0 Å². The van der Waals surface area contributed by atoms with Gasteiger partial charge in [0.15, 0.2) is 5.89 Å². The van der Waals surface area contributed by atoms with Gasteiger partial charge < -0.3 is 9.73 Å². The van der Waals surface area contributed by atoms with E-state index in [1.807, 2.05) is 6.20 Å². The Morgan fingerprint density at radius 3 is 2.88 bits per heavy atom. The third-order valence-electron chi connectivity index (χ3n) is 2.84. The quantitative estimate of drug-likeness (QED) is 0.689. The summed E-state index contributed by atoms with van der Waals surface area (Å²) in [6.45, 7) is 8.67. The number of hydrogen-bond donors (Lipinski definition) is 1. The lowest BCUT2D eigenvalue weighted by Gasteiger charge is -2.02. The third kappa shape index (κ3) is 4.35. The van der Waals surface area contributed by atoms with Crippen LogP contribution in [-0.2, 0) is 6.42 Å². The Bertz CT molecular complexity index is 283. The van der Waals surface area contributed by atoms with E-state index in [0.29, 0.717) is 5.92 Å². The smallest absolute Gasteiger partial charge is 0.194 e. The van der Waals surface area contributed by atoms with Crippen LogP contribution in [0.2, 0.25) is 0 Å². The van der Waals surface area contributed by atoms with Crippen molar-refractivity contribution in [2.24, 2.45) is 0 Å². The molecule has 1 atom stereocenters. The van der Waals surface area contributed by atoms with E-state index in [4.69, 9.17) is 4.42 Å². The first-order valence-corrected chi connectivity index (χ1v) is 6.43. The molecule has 92 valence electrons. The molecule has 3 nitrogen and oxygen atoms in total. The molecule has 0 spiro atoms. The van der Waals surface area contributed by atoms with Gasteiger partial charge in [0.25, 0.3) is 0 Å². The summed E-state index contributed by atoms with van der Waals surface area (Å²) < 4.78 is 5.70. The number of nitrogens with zero attached hydrogens (tertiary/aromatic N) is 1. The zero-order chi connectivity index (χ0) is 11.8. The summed E-state index contributed by atoms with van der Waals surface area (Å²) in [6, 6.07) is 0. The van der Waals surface area contributed by atoms with Crippen molar-refractivity contribution in [3.8, 4) is 0 Å². The molecule has 16 heavy (non-hydrogen) atoms. The summed E-state index contributed by atoms with van der Waals surface area (Å²) in [6.07, 6.45) is 6.21. The molecule has 0 aliphatic rings. The fourth-order valence-electron chi connectivity index (χ4n) is 1.54. The minimum Gasteiger partial charge on any atom is -0.445 e. The van der Waals surface area contributed by atoms with Gasteiger partial charge in [0, 0.05) is 12.3 Å². The Labute approximate surface area is 98.6 Å². The number of hydrogen-bond acceptors (Lipinski definition) is 3. The van der Waals surface area contributed by atoms with E-state index in [1.54, 1.807) is 0 Å². The number of aryl methyl sites for hydroxylation is 1. The van der Waals surface area contributed by atoms with Crippen molar-refractivity contribution < 1.29 is 4.42 Å². The highest BCUT2D eigenvalue weighted by atomic mass is 16.4. The Balaban J connectivity index is 2.24. The fourth-order valence-corrected chi connectivity index (χ4v) is 1.54. The topological polar surface area (TPSA) is 38.1 Å². The van der Waals surface area contributed by atoms with E-state index < -0.39 is 0 Å². The number of oxazole rings is 1. The summed E-state index contributed by atoms with van der Waals surface area (Å²) in [4.78, 5) is 4.31. The lowest BCUT2D eigenvalue weighted by molar-refractivity contribution is 0.421. The van der Waals surface area contributed by atoms with Gasteiger partial charge in [-0.3, -0.25) is 0 Å². The molecule has 0 aliphatic carbocycles. The third-order valence-corrected chi connectivity index (χ3v) is 2.84. The molecule has 1 heterocycles. The highest BCUT2D eigenvalue weighted by Crippen LogP contribution is 2.19. The maximum absolute atomic E-state index is 5.70. The molecular weight excluding hydrogens is 200 g/mol. The summed E-state index contributed by atoms with van der Waals surface area (Å²) in [5, 5.41) is 3.38. The molecule has 1 aromatic heterocycles. The Morgan fingerprint density at radius 1 is 1.38 bits per heavy atom. The molecule has 1 unspecified atom stereocenters. The van der Waals surface area contributed by atoms with Crippen molar-refractivity contribution in [2.45, 2.75) is 52.4 Å². The van der Waals surface area contributed by atoms with E-state index in [2.05, 4.69) is 31.1 Å². The first-order valence-electron chi connectivity index (χ1n) is 6.43. The van der Waals surface area contributed by atoms with Crippen LogP contribution in [-0.4, -0.2) is 18.1 Å². The van der Waals surface area contributed by atoms with Gasteiger partial charge in [-0.05, 0) is 32.4 Å². The van der Waals surface area contributed by atoms with Crippen LogP contribution >= 0.6 is 0 Å². The minimum absolute atomic E-state index is 0.486.